The van der Waals surface area contributed by atoms with Crippen LogP contribution < -0.4 is 14.8 Å². The van der Waals surface area contributed by atoms with Crippen molar-refractivity contribution in [2.45, 2.75) is 26.2 Å². The molecule has 0 bridgehead atoms. The van der Waals surface area contributed by atoms with E-state index in [-0.39, 0.29) is 11.8 Å². The number of unbranched alkanes of at least 4 members (excludes halogenated alkanes) is 2. The van der Waals surface area contributed by atoms with E-state index in [1.165, 1.54) is 12.0 Å². The smallest absolute Gasteiger partial charge is 0.255 e. The van der Waals surface area contributed by atoms with E-state index in [2.05, 4.69) is 12.2 Å². The SMILES string of the molecule is CCCCCOc1ccc(C(=O)Nc2cc(C(=O)N(C)C)ccc2OC)cc1. The molecule has 150 valence electrons. The number of hydrogen-bond donors (Lipinski definition) is 1. The summed E-state index contributed by atoms with van der Waals surface area (Å²) < 4.78 is 11.0. The van der Waals surface area contributed by atoms with E-state index < -0.39 is 0 Å². The number of benzene rings is 2. The van der Waals surface area contributed by atoms with Crippen LogP contribution in [-0.4, -0.2) is 44.5 Å². The molecular formula is C22H28N2O4. The molecule has 0 aromatic heterocycles. The van der Waals surface area contributed by atoms with Crippen molar-refractivity contribution in [2.24, 2.45) is 0 Å². The van der Waals surface area contributed by atoms with E-state index in [0.29, 0.717) is 29.2 Å². The summed E-state index contributed by atoms with van der Waals surface area (Å²) in [4.78, 5) is 26.3. The lowest BCUT2D eigenvalue weighted by atomic mass is 10.1. The van der Waals surface area contributed by atoms with Gasteiger partial charge >= 0.3 is 0 Å². The molecule has 0 aliphatic heterocycles. The fourth-order valence-electron chi connectivity index (χ4n) is 2.64. The summed E-state index contributed by atoms with van der Waals surface area (Å²) in [6.07, 6.45) is 3.30. The Balaban J connectivity index is 2.09. The summed E-state index contributed by atoms with van der Waals surface area (Å²) in [6.45, 7) is 2.82. The highest BCUT2D eigenvalue weighted by Gasteiger charge is 2.14. The molecule has 0 saturated heterocycles. The number of carbonyl (C=O) groups is 2. The lowest BCUT2D eigenvalue weighted by molar-refractivity contribution is 0.0827. The summed E-state index contributed by atoms with van der Waals surface area (Å²) in [5.41, 5.74) is 1.41. The van der Waals surface area contributed by atoms with Crippen LogP contribution in [0.1, 0.15) is 46.9 Å². The number of rotatable bonds is 9. The number of ether oxygens (including phenoxy) is 2. The van der Waals surface area contributed by atoms with E-state index in [1.54, 1.807) is 56.6 Å². The minimum absolute atomic E-state index is 0.150. The fraction of sp³-hybridized carbons (Fsp3) is 0.364. The minimum atomic E-state index is -0.287. The predicted octanol–water partition coefficient (Wildman–Crippen LogP) is 4.22. The molecule has 2 amide bonds. The van der Waals surface area contributed by atoms with Crippen molar-refractivity contribution < 1.29 is 19.1 Å². The predicted molar refractivity (Wildman–Crippen MR) is 110 cm³/mol. The summed E-state index contributed by atoms with van der Waals surface area (Å²) >= 11 is 0. The number of methoxy groups -OCH3 is 1. The number of nitrogens with one attached hydrogen (secondary N) is 1. The average molecular weight is 384 g/mol. The maximum absolute atomic E-state index is 12.6. The van der Waals surface area contributed by atoms with Crippen LogP contribution in [0.25, 0.3) is 0 Å². The summed E-state index contributed by atoms with van der Waals surface area (Å²) in [6, 6.07) is 11.9. The van der Waals surface area contributed by atoms with Gasteiger partial charge in [0.05, 0.1) is 19.4 Å². The minimum Gasteiger partial charge on any atom is -0.495 e. The number of amides is 2. The van der Waals surface area contributed by atoms with Gasteiger partial charge in [-0.15, -0.1) is 0 Å². The Morgan fingerprint density at radius 1 is 1.00 bits per heavy atom. The molecule has 2 aromatic rings. The molecule has 6 heteroatoms. The van der Waals surface area contributed by atoms with E-state index in [4.69, 9.17) is 9.47 Å². The molecule has 28 heavy (non-hydrogen) atoms. The molecule has 0 heterocycles. The molecule has 0 aliphatic carbocycles. The molecule has 0 radical (unpaired) electrons. The highest BCUT2D eigenvalue weighted by molar-refractivity contribution is 6.06. The van der Waals surface area contributed by atoms with Gasteiger partial charge in [-0.2, -0.15) is 0 Å². The van der Waals surface area contributed by atoms with Crippen LogP contribution in [0.5, 0.6) is 11.5 Å². The molecule has 1 N–H and O–H groups in total. The number of hydrogen-bond acceptors (Lipinski definition) is 4. The second kappa shape index (κ2) is 10.3. The average Bonchev–Trinajstić information content (AvgIpc) is 2.71. The standard InChI is InChI=1S/C22H28N2O4/c1-5-6-7-14-28-18-11-8-16(9-12-18)21(25)23-19-15-17(22(26)24(2)3)10-13-20(19)27-4/h8-13,15H,5-7,14H2,1-4H3,(H,23,25). The van der Waals surface area contributed by atoms with Gasteiger partial charge in [-0.1, -0.05) is 19.8 Å². The topological polar surface area (TPSA) is 67.9 Å². The van der Waals surface area contributed by atoms with Gasteiger partial charge in [0.1, 0.15) is 11.5 Å². The van der Waals surface area contributed by atoms with Crippen LogP contribution in [0.15, 0.2) is 42.5 Å². The molecule has 2 aromatic carbocycles. The van der Waals surface area contributed by atoms with Crippen LogP contribution in [0.3, 0.4) is 0 Å². The zero-order valence-corrected chi connectivity index (χ0v) is 17.0. The van der Waals surface area contributed by atoms with E-state index >= 15 is 0 Å². The van der Waals surface area contributed by atoms with Crippen molar-refractivity contribution in [1.29, 1.82) is 0 Å². The lowest BCUT2D eigenvalue weighted by Gasteiger charge is -2.14. The maximum Gasteiger partial charge on any atom is 0.255 e. The molecule has 0 saturated carbocycles. The molecular weight excluding hydrogens is 356 g/mol. The van der Waals surface area contributed by atoms with Gasteiger partial charge in [-0.3, -0.25) is 9.59 Å². The van der Waals surface area contributed by atoms with Crippen LogP contribution in [-0.2, 0) is 0 Å². The Morgan fingerprint density at radius 2 is 1.68 bits per heavy atom. The van der Waals surface area contributed by atoms with Crippen molar-refractivity contribution in [3.05, 3.63) is 53.6 Å². The first kappa shape index (κ1) is 21.3. The van der Waals surface area contributed by atoms with Crippen molar-refractivity contribution in [2.75, 3.05) is 33.1 Å². The monoisotopic (exact) mass is 384 g/mol. The van der Waals surface area contributed by atoms with Gasteiger partial charge in [0.2, 0.25) is 0 Å². The largest absolute Gasteiger partial charge is 0.495 e. The van der Waals surface area contributed by atoms with Crippen molar-refractivity contribution in [3.63, 3.8) is 0 Å². The molecule has 0 atom stereocenters. The van der Waals surface area contributed by atoms with Crippen molar-refractivity contribution in [3.8, 4) is 11.5 Å². The van der Waals surface area contributed by atoms with Crippen LogP contribution in [0, 0.1) is 0 Å². The fourth-order valence-corrected chi connectivity index (χ4v) is 2.64. The Hall–Kier alpha value is -3.02. The quantitative estimate of drug-likeness (QED) is 0.658. The van der Waals surface area contributed by atoms with Crippen LogP contribution in [0.4, 0.5) is 5.69 Å². The van der Waals surface area contributed by atoms with Gasteiger partial charge < -0.3 is 19.7 Å². The summed E-state index contributed by atoms with van der Waals surface area (Å²) in [5, 5.41) is 2.82. The first-order valence-corrected chi connectivity index (χ1v) is 9.40. The van der Waals surface area contributed by atoms with Gasteiger partial charge in [-0.25, -0.2) is 0 Å². The van der Waals surface area contributed by atoms with E-state index in [0.717, 1.165) is 25.0 Å². The Labute approximate surface area is 166 Å². The second-order valence-corrected chi connectivity index (χ2v) is 6.65. The third-order valence-electron chi connectivity index (χ3n) is 4.23. The Bertz CT molecular complexity index is 801. The van der Waals surface area contributed by atoms with Crippen molar-refractivity contribution in [1.82, 2.24) is 4.90 Å². The molecule has 0 spiro atoms. The molecule has 6 nitrogen and oxygen atoms in total. The first-order chi connectivity index (χ1) is 13.5. The highest BCUT2D eigenvalue weighted by atomic mass is 16.5. The van der Waals surface area contributed by atoms with Crippen LogP contribution in [0.2, 0.25) is 0 Å². The number of carbonyl (C=O) groups excluding carboxylic acids is 2. The number of nitrogens with zero attached hydrogens (tertiary/aromatic N) is 1. The molecule has 0 unspecified atom stereocenters. The normalized spacial score (nSPS) is 10.3. The maximum atomic E-state index is 12.6. The Kier molecular flexibility index (Phi) is 7.87. The zero-order valence-electron chi connectivity index (χ0n) is 17.0. The second-order valence-electron chi connectivity index (χ2n) is 6.65. The number of anilines is 1. The third-order valence-corrected chi connectivity index (χ3v) is 4.23. The molecule has 2 rings (SSSR count). The van der Waals surface area contributed by atoms with Crippen LogP contribution >= 0.6 is 0 Å². The first-order valence-electron chi connectivity index (χ1n) is 9.40. The van der Waals surface area contributed by atoms with Gasteiger partial charge in [-0.05, 0) is 48.9 Å². The summed E-state index contributed by atoms with van der Waals surface area (Å²) in [7, 11) is 4.87. The van der Waals surface area contributed by atoms with Crippen molar-refractivity contribution >= 4 is 17.5 Å². The lowest BCUT2D eigenvalue weighted by Crippen LogP contribution is -2.22. The third kappa shape index (κ3) is 5.74. The van der Waals surface area contributed by atoms with Gasteiger partial charge in [0, 0.05) is 25.2 Å². The van der Waals surface area contributed by atoms with Gasteiger partial charge in [0.25, 0.3) is 11.8 Å². The summed E-state index contributed by atoms with van der Waals surface area (Å²) in [5.74, 6) is 0.788. The zero-order chi connectivity index (χ0) is 20.5. The Morgan fingerprint density at radius 3 is 2.29 bits per heavy atom. The molecule has 0 aliphatic rings. The van der Waals surface area contributed by atoms with E-state index in [9.17, 15) is 9.59 Å². The highest BCUT2D eigenvalue weighted by Crippen LogP contribution is 2.27. The molecule has 0 fully saturated rings. The van der Waals surface area contributed by atoms with E-state index in [1.807, 2.05) is 0 Å². The van der Waals surface area contributed by atoms with Gasteiger partial charge in [0.15, 0.2) is 0 Å².